The van der Waals surface area contributed by atoms with Gasteiger partial charge in [-0.05, 0) is 52.8 Å². The Bertz CT molecular complexity index is 1190. The van der Waals surface area contributed by atoms with Crippen LogP contribution in [-0.2, 0) is 17.1 Å². The van der Waals surface area contributed by atoms with E-state index in [0.717, 1.165) is 30.1 Å². The van der Waals surface area contributed by atoms with E-state index in [9.17, 15) is 4.79 Å². The van der Waals surface area contributed by atoms with Crippen molar-refractivity contribution >= 4 is 34.6 Å². The number of aryl methyl sites for hydroxylation is 1. The van der Waals surface area contributed by atoms with Gasteiger partial charge in [0.2, 0.25) is 0 Å². The number of tetrazole rings is 1. The van der Waals surface area contributed by atoms with Gasteiger partial charge in [0, 0.05) is 12.6 Å². The van der Waals surface area contributed by atoms with E-state index >= 15 is 0 Å². The Balaban J connectivity index is 1.65. The average molecular weight is 465 g/mol. The molecule has 1 amide bonds. The van der Waals surface area contributed by atoms with E-state index in [4.69, 9.17) is 9.47 Å². The summed E-state index contributed by atoms with van der Waals surface area (Å²) in [5.74, 6) is 2.40. The zero-order valence-corrected chi connectivity index (χ0v) is 19.5. The number of nitrogens with zero attached hydrogens (tertiary/aromatic N) is 6. The van der Waals surface area contributed by atoms with Crippen LogP contribution in [0.3, 0.4) is 0 Å². The number of methoxy groups -OCH3 is 2. The molecule has 0 atom stereocenters. The van der Waals surface area contributed by atoms with Crippen LogP contribution >= 0.6 is 11.8 Å². The summed E-state index contributed by atoms with van der Waals surface area (Å²) < 4.78 is 12.3. The zero-order valence-electron chi connectivity index (χ0n) is 18.6. The second-order valence-corrected chi connectivity index (χ2v) is 8.09. The second-order valence-electron chi connectivity index (χ2n) is 7.15. The Morgan fingerprint density at radius 1 is 1.06 bits per heavy atom. The fourth-order valence-electron chi connectivity index (χ4n) is 3.27. The third-order valence-electron chi connectivity index (χ3n) is 4.93. The normalized spacial score (nSPS) is 14.6. The molecule has 0 radical (unpaired) electrons. The molecular formula is C23H24N6O3S. The van der Waals surface area contributed by atoms with Gasteiger partial charge in [-0.25, -0.2) is 9.67 Å². The molecule has 0 N–H and O–H groups in total. The van der Waals surface area contributed by atoms with Gasteiger partial charge in [-0.3, -0.25) is 9.69 Å². The topological polar surface area (TPSA) is 94.7 Å². The van der Waals surface area contributed by atoms with Crippen molar-refractivity contribution in [3.8, 4) is 11.5 Å². The first-order chi connectivity index (χ1) is 16.1. The van der Waals surface area contributed by atoms with Crippen molar-refractivity contribution in [3.05, 3.63) is 65.6 Å². The maximum atomic E-state index is 13.4. The van der Waals surface area contributed by atoms with Crippen LogP contribution in [0.15, 0.2) is 59.2 Å². The van der Waals surface area contributed by atoms with Gasteiger partial charge < -0.3 is 9.47 Å². The molecule has 1 aromatic heterocycles. The number of hydrogen-bond donors (Lipinski definition) is 0. The van der Waals surface area contributed by atoms with Crippen LogP contribution in [0.2, 0.25) is 0 Å². The molecule has 2 heterocycles. The number of hydrogen-bond acceptors (Lipinski definition) is 8. The number of benzene rings is 2. The van der Waals surface area contributed by atoms with Crippen molar-refractivity contribution < 1.29 is 14.3 Å². The van der Waals surface area contributed by atoms with Crippen LogP contribution in [0.25, 0.3) is 6.08 Å². The van der Waals surface area contributed by atoms with Gasteiger partial charge in [0.05, 0.1) is 25.7 Å². The fourth-order valence-corrected chi connectivity index (χ4v) is 4.21. The number of amides is 1. The van der Waals surface area contributed by atoms with Crippen molar-refractivity contribution in [2.75, 3.05) is 19.1 Å². The first-order valence-corrected chi connectivity index (χ1v) is 11.4. The van der Waals surface area contributed by atoms with Gasteiger partial charge in [0.25, 0.3) is 5.91 Å². The predicted molar refractivity (Wildman–Crippen MR) is 128 cm³/mol. The largest absolute Gasteiger partial charge is 0.497 e. The maximum absolute atomic E-state index is 13.4. The SMILES string of the molecule is CCCn1nnnc1CSC1=N/C(=C\c2ccc(OC)cc2)C(=O)N1c1cccc(OC)c1. The molecular weight excluding hydrogens is 440 g/mol. The molecule has 2 aromatic carbocycles. The molecule has 3 aromatic rings. The van der Waals surface area contributed by atoms with E-state index in [1.807, 2.05) is 48.5 Å². The summed E-state index contributed by atoms with van der Waals surface area (Å²) >= 11 is 1.41. The average Bonchev–Trinajstić information content (AvgIpc) is 3.42. The number of thioether (sulfide) groups is 1. The molecule has 9 nitrogen and oxygen atoms in total. The van der Waals surface area contributed by atoms with Crippen LogP contribution in [0.4, 0.5) is 5.69 Å². The lowest BCUT2D eigenvalue weighted by molar-refractivity contribution is -0.113. The molecule has 0 spiro atoms. The third kappa shape index (κ3) is 5.06. The molecule has 10 heteroatoms. The summed E-state index contributed by atoms with van der Waals surface area (Å²) in [5, 5.41) is 12.5. The van der Waals surface area contributed by atoms with Crippen LogP contribution in [0.5, 0.6) is 11.5 Å². The Morgan fingerprint density at radius 2 is 1.85 bits per heavy atom. The molecule has 1 aliphatic rings. The summed E-state index contributed by atoms with van der Waals surface area (Å²) in [5.41, 5.74) is 1.88. The molecule has 0 unspecified atom stereocenters. The highest BCUT2D eigenvalue weighted by Gasteiger charge is 2.32. The van der Waals surface area contributed by atoms with Gasteiger partial charge in [-0.1, -0.05) is 36.9 Å². The Morgan fingerprint density at radius 3 is 2.58 bits per heavy atom. The highest BCUT2D eigenvalue weighted by atomic mass is 32.2. The summed E-state index contributed by atoms with van der Waals surface area (Å²) in [7, 11) is 3.21. The highest BCUT2D eigenvalue weighted by molar-refractivity contribution is 8.13. The van der Waals surface area contributed by atoms with Gasteiger partial charge in [-0.2, -0.15) is 0 Å². The smallest absolute Gasteiger partial charge is 0.283 e. The number of aliphatic imine (C=N–C) groups is 1. The molecule has 170 valence electrons. The van der Waals surface area contributed by atoms with E-state index in [0.29, 0.717) is 28.1 Å². The van der Waals surface area contributed by atoms with Crippen molar-refractivity contribution in [3.63, 3.8) is 0 Å². The summed E-state index contributed by atoms with van der Waals surface area (Å²) in [6.07, 6.45) is 2.69. The zero-order chi connectivity index (χ0) is 23.2. The van der Waals surface area contributed by atoms with E-state index in [2.05, 4.69) is 27.4 Å². The number of anilines is 1. The number of aromatic nitrogens is 4. The Kier molecular flexibility index (Phi) is 7.04. The molecule has 0 aliphatic carbocycles. The highest BCUT2D eigenvalue weighted by Crippen LogP contribution is 2.32. The van der Waals surface area contributed by atoms with E-state index in [-0.39, 0.29) is 5.91 Å². The molecule has 0 saturated heterocycles. The number of carbonyl (C=O) groups excluding carboxylic acids is 1. The number of carbonyl (C=O) groups is 1. The van der Waals surface area contributed by atoms with Crippen LogP contribution in [0, 0.1) is 0 Å². The summed E-state index contributed by atoms with van der Waals surface area (Å²) in [4.78, 5) is 19.6. The molecule has 0 fully saturated rings. The Hall–Kier alpha value is -3.66. The molecule has 0 saturated carbocycles. The van der Waals surface area contributed by atoms with Gasteiger partial charge in [0.15, 0.2) is 11.0 Å². The van der Waals surface area contributed by atoms with Gasteiger partial charge in [0.1, 0.15) is 17.2 Å². The lowest BCUT2D eigenvalue weighted by atomic mass is 10.2. The van der Waals surface area contributed by atoms with E-state index < -0.39 is 0 Å². The fraction of sp³-hybridized carbons (Fsp3) is 0.261. The molecule has 4 rings (SSSR count). The molecule has 1 aliphatic heterocycles. The van der Waals surface area contributed by atoms with Gasteiger partial charge >= 0.3 is 0 Å². The van der Waals surface area contributed by atoms with Crippen LogP contribution in [-0.4, -0.2) is 45.5 Å². The lowest BCUT2D eigenvalue weighted by Gasteiger charge is -2.18. The van der Waals surface area contributed by atoms with Crippen LogP contribution in [0.1, 0.15) is 24.7 Å². The van der Waals surface area contributed by atoms with E-state index in [1.165, 1.54) is 11.8 Å². The van der Waals surface area contributed by atoms with Crippen LogP contribution < -0.4 is 14.4 Å². The molecule has 0 bridgehead atoms. The minimum Gasteiger partial charge on any atom is -0.497 e. The minimum atomic E-state index is -0.213. The van der Waals surface area contributed by atoms with Crippen molar-refractivity contribution in [1.29, 1.82) is 0 Å². The number of ether oxygens (including phenoxy) is 2. The monoisotopic (exact) mass is 464 g/mol. The van der Waals surface area contributed by atoms with E-state index in [1.54, 1.807) is 29.9 Å². The van der Waals surface area contributed by atoms with Crippen molar-refractivity contribution in [1.82, 2.24) is 20.2 Å². The summed E-state index contributed by atoms with van der Waals surface area (Å²) in [6.45, 7) is 2.80. The number of amidine groups is 1. The second kappa shape index (κ2) is 10.3. The molecule has 33 heavy (non-hydrogen) atoms. The maximum Gasteiger partial charge on any atom is 0.283 e. The lowest BCUT2D eigenvalue weighted by Crippen LogP contribution is -2.30. The predicted octanol–water partition coefficient (Wildman–Crippen LogP) is 3.78. The summed E-state index contributed by atoms with van der Waals surface area (Å²) in [6, 6.07) is 14.8. The van der Waals surface area contributed by atoms with Crippen molar-refractivity contribution in [2.24, 2.45) is 4.99 Å². The first kappa shape index (κ1) is 22.5. The van der Waals surface area contributed by atoms with Crippen molar-refractivity contribution in [2.45, 2.75) is 25.6 Å². The quantitative estimate of drug-likeness (QED) is 0.468. The number of rotatable bonds is 8. The Labute approximate surface area is 196 Å². The standard InChI is InChI=1S/C23H24N6O3S/c1-4-12-28-21(25-26-27-28)15-33-23-24-20(13-16-8-10-18(31-2)11-9-16)22(30)29(23)17-6-5-7-19(14-17)32-3/h5-11,13-14H,4,12,15H2,1-3H3/b20-13-. The third-order valence-corrected chi connectivity index (χ3v) is 5.87. The minimum absolute atomic E-state index is 0.213. The van der Waals surface area contributed by atoms with Gasteiger partial charge in [-0.15, -0.1) is 5.10 Å². The first-order valence-electron chi connectivity index (χ1n) is 10.4.